The molecule has 0 aromatic heterocycles. The minimum Gasteiger partial charge on any atom is -0.330 e. The molecule has 0 radical (unpaired) electrons. The highest BCUT2D eigenvalue weighted by molar-refractivity contribution is 7.90. The summed E-state index contributed by atoms with van der Waals surface area (Å²) in [6, 6.07) is 17.7. The molecule has 0 spiro atoms. The van der Waals surface area contributed by atoms with Crippen molar-refractivity contribution >= 4 is 32.5 Å². The minimum atomic E-state index is -4.55. The number of nitrogens with zero attached hydrogens (tertiary/aromatic N) is 2. The molecule has 0 aliphatic carbocycles. The highest BCUT2D eigenvalue weighted by Crippen LogP contribution is 2.40. The third-order valence-electron chi connectivity index (χ3n) is 4.91. The fraction of sp³-hybridized carbons (Fsp3) is 0.190. The van der Waals surface area contributed by atoms with Gasteiger partial charge in [-0.05, 0) is 40.6 Å². The van der Waals surface area contributed by atoms with Gasteiger partial charge in [-0.15, -0.1) is 0 Å². The van der Waals surface area contributed by atoms with E-state index >= 15 is 0 Å². The van der Waals surface area contributed by atoms with Gasteiger partial charge in [0, 0.05) is 18.2 Å². The summed E-state index contributed by atoms with van der Waals surface area (Å²) in [5, 5.41) is 1.75. The highest BCUT2D eigenvalue weighted by atomic mass is 32.2. The average molecular weight is 418 g/mol. The summed E-state index contributed by atoms with van der Waals surface area (Å²) < 4.78 is 64.4. The molecule has 1 heterocycles. The molecule has 4 nitrogen and oxygen atoms in total. The Labute approximate surface area is 166 Å². The normalized spacial score (nSPS) is 19.8. The van der Waals surface area contributed by atoms with Gasteiger partial charge in [0.25, 0.3) is 0 Å². The lowest BCUT2D eigenvalue weighted by atomic mass is 10.0. The van der Waals surface area contributed by atoms with E-state index in [0.29, 0.717) is 11.3 Å². The number of anilines is 1. The van der Waals surface area contributed by atoms with Crippen molar-refractivity contribution in [3.05, 3.63) is 72.3 Å². The summed E-state index contributed by atoms with van der Waals surface area (Å²) in [5.41, 5.74) is 0.918. The third kappa shape index (κ3) is 3.72. The zero-order chi connectivity index (χ0) is 20.8. The number of alkyl halides is 3. The van der Waals surface area contributed by atoms with Gasteiger partial charge < -0.3 is 4.90 Å². The molecule has 1 aliphatic rings. The van der Waals surface area contributed by atoms with Crippen LogP contribution in [0.4, 0.5) is 18.9 Å². The van der Waals surface area contributed by atoms with Crippen molar-refractivity contribution in [1.82, 2.24) is 0 Å². The molecule has 3 aromatic rings. The molecule has 150 valence electrons. The van der Waals surface area contributed by atoms with Crippen LogP contribution in [0.5, 0.6) is 0 Å². The van der Waals surface area contributed by atoms with Crippen LogP contribution in [0.25, 0.3) is 10.8 Å². The lowest BCUT2D eigenvalue weighted by Crippen LogP contribution is -2.42. The smallest absolute Gasteiger partial charge is 0.330 e. The quantitative estimate of drug-likeness (QED) is 0.616. The molecule has 0 saturated heterocycles. The molecular weight excluding hydrogens is 401 g/mol. The maximum absolute atomic E-state index is 13.7. The van der Waals surface area contributed by atoms with Crippen LogP contribution in [0.15, 0.2) is 76.6 Å². The van der Waals surface area contributed by atoms with Crippen LogP contribution in [0, 0.1) is 0 Å². The van der Waals surface area contributed by atoms with Crippen molar-refractivity contribution in [2.75, 3.05) is 11.2 Å². The minimum absolute atomic E-state index is 0.112. The molecule has 29 heavy (non-hydrogen) atoms. The van der Waals surface area contributed by atoms with Gasteiger partial charge >= 0.3 is 6.18 Å². The second kappa shape index (κ2) is 6.88. The second-order valence-corrected chi connectivity index (χ2v) is 8.95. The number of benzene rings is 3. The van der Waals surface area contributed by atoms with Gasteiger partial charge in [-0.1, -0.05) is 42.5 Å². The Morgan fingerprint density at radius 3 is 2.21 bits per heavy atom. The number of halogens is 3. The number of rotatable bonds is 3. The van der Waals surface area contributed by atoms with Gasteiger partial charge in [0.05, 0.1) is 10.9 Å². The van der Waals surface area contributed by atoms with Gasteiger partial charge in [-0.2, -0.15) is 13.2 Å². The fourth-order valence-corrected chi connectivity index (χ4v) is 4.13. The summed E-state index contributed by atoms with van der Waals surface area (Å²) >= 11 is 0. The first kappa shape index (κ1) is 19.4. The Balaban J connectivity index is 1.79. The number of sulfone groups is 1. The second-order valence-electron chi connectivity index (χ2n) is 6.94. The lowest BCUT2D eigenvalue weighted by molar-refractivity contribution is -0.145. The molecule has 2 atom stereocenters. The SMILES string of the molecule is CS(=O)(=O)c1ccc(C2C=NC(C(F)(F)F)N2c2ccc3ccccc3c2)cc1. The fourth-order valence-electron chi connectivity index (χ4n) is 3.50. The molecule has 1 aliphatic heterocycles. The monoisotopic (exact) mass is 418 g/mol. The van der Waals surface area contributed by atoms with Crippen LogP contribution in [-0.4, -0.2) is 33.2 Å². The van der Waals surface area contributed by atoms with E-state index in [1.54, 1.807) is 18.2 Å². The topological polar surface area (TPSA) is 49.7 Å². The largest absolute Gasteiger partial charge is 0.429 e. The molecule has 0 fully saturated rings. The van der Waals surface area contributed by atoms with E-state index in [0.717, 1.165) is 17.0 Å². The van der Waals surface area contributed by atoms with Crippen LogP contribution in [0.3, 0.4) is 0 Å². The molecule has 0 N–H and O–H groups in total. The Bertz CT molecular complexity index is 1190. The first-order valence-corrected chi connectivity index (χ1v) is 10.7. The zero-order valence-corrected chi connectivity index (χ0v) is 16.2. The van der Waals surface area contributed by atoms with E-state index in [4.69, 9.17) is 0 Å². The summed E-state index contributed by atoms with van der Waals surface area (Å²) in [6.45, 7) is 0. The van der Waals surface area contributed by atoms with E-state index < -0.39 is 28.2 Å². The van der Waals surface area contributed by atoms with Crippen LogP contribution >= 0.6 is 0 Å². The number of hydrogen-bond donors (Lipinski definition) is 0. The molecule has 4 rings (SSSR count). The maximum Gasteiger partial charge on any atom is 0.429 e. The first-order chi connectivity index (χ1) is 13.6. The van der Waals surface area contributed by atoms with Gasteiger partial charge in [0.15, 0.2) is 9.84 Å². The van der Waals surface area contributed by atoms with Gasteiger partial charge in [-0.3, -0.25) is 4.99 Å². The van der Waals surface area contributed by atoms with E-state index in [1.165, 1.54) is 35.4 Å². The molecule has 0 bridgehead atoms. The molecule has 0 amide bonds. The number of hydrogen-bond acceptors (Lipinski definition) is 4. The third-order valence-corrected chi connectivity index (χ3v) is 6.03. The summed E-state index contributed by atoms with van der Waals surface area (Å²) in [4.78, 5) is 5.05. The van der Waals surface area contributed by atoms with Gasteiger partial charge in [-0.25, -0.2) is 8.42 Å². The van der Waals surface area contributed by atoms with E-state index in [9.17, 15) is 21.6 Å². The van der Waals surface area contributed by atoms with Crippen molar-refractivity contribution in [2.24, 2.45) is 4.99 Å². The summed E-state index contributed by atoms with van der Waals surface area (Å²) in [6.07, 6.45) is -4.21. The van der Waals surface area contributed by atoms with Crippen LogP contribution < -0.4 is 4.90 Å². The number of aliphatic imine (C=N–C) groups is 1. The lowest BCUT2D eigenvalue weighted by Gasteiger charge is -2.32. The van der Waals surface area contributed by atoms with Gasteiger partial charge in [0.1, 0.15) is 0 Å². The summed E-state index contributed by atoms with van der Waals surface area (Å²) in [5.74, 6) is 0. The van der Waals surface area contributed by atoms with E-state index in [1.807, 2.05) is 24.3 Å². The standard InChI is InChI=1S/C21H17F3N2O2S/c1-29(27,28)18-10-7-15(8-11-18)19-13-25-20(21(22,23)24)26(19)17-9-6-14-4-2-3-5-16(14)12-17/h2-13,19-20H,1H3. The molecule has 2 unspecified atom stereocenters. The van der Waals surface area contributed by atoms with Crippen LogP contribution in [0.2, 0.25) is 0 Å². The van der Waals surface area contributed by atoms with Gasteiger partial charge in [0.2, 0.25) is 6.17 Å². The molecule has 8 heteroatoms. The molecule has 0 saturated carbocycles. The molecular formula is C21H17F3N2O2S. The van der Waals surface area contributed by atoms with Crippen LogP contribution in [-0.2, 0) is 9.84 Å². The Kier molecular flexibility index (Phi) is 4.61. The van der Waals surface area contributed by atoms with Crippen molar-refractivity contribution in [3.8, 4) is 0 Å². The van der Waals surface area contributed by atoms with Crippen molar-refractivity contribution in [2.45, 2.75) is 23.3 Å². The summed E-state index contributed by atoms with van der Waals surface area (Å²) in [7, 11) is -3.39. The first-order valence-electron chi connectivity index (χ1n) is 8.82. The van der Waals surface area contributed by atoms with Crippen molar-refractivity contribution < 1.29 is 21.6 Å². The highest BCUT2D eigenvalue weighted by Gasteiger charge is 2.48. The average Bonchev–Trinajstić information content (AvgIpc) is 3.12. The van der Waals surface area contributed by atoms with E-state index in [2.05, 4.69) is 4.99 Å². The maximum atomic E-state index is 13.7. The predicted molar refractivity (Wildman–Crippen MR) is 107 cm³/mol. The van der Waals surface area contributed by atoms with Crippen molar-refractivity contribution in [3.63, 3.8) is 0 Å². The Hall–Kier alpha value is -2.87. The van der Waals surface area contributed by atoms with Crippen molar-refractivity contribution in [1.29, 1.82) is 0 Å². The predicted octanol–water partition coefficient (Wildman–Crippen LogP) is 4.76. The van der Waals surface area contributed by atoms with Crippen LogP contribution in [0.1, 0.15) is 11.6 Å². The van der Waals surface area contributed by atoms with E-state index in [-0.39, 0.29) is 4.90 Å². The Morgan fingerprint density at radius 2 is 1.59 bits per heavy atom. The number of fused-ring (bicyclic) bond motifs is 1. The Morgan fingerprint density at radius 1 is 0.931 bits per heavy atom. The zero-order valence-electron chi connectivity index (χ0n) is 15.3. The molecule has 3 aromatic carbocycles.